The number of ketones is 1. The van der Waals surface area contributed by atoms with Crippen LogP contribution < -0.4 is 5.32 Å². The number of aromatic nitrogens is 1. The van der Waals surface area contributed by atoms with Crippen LogP contribution in [0, 0.1) is 0 Å². The SMILES string of the molecule is O=C1C[C@H]2C[C@H](c3ccc(Cl)nc3)[C@@H]1N2. The maximum absolute atomic E-state index is 11.6. The molecule has 1 aromatic rings. The molecule has 2 fully saturated rings. The zero-order valence-electron chi connectivity index (χ0n) is 8.11. The molecule has 2 saturated heterocycles. The minimum atomic E-state index is 0.0120. The summed E-state index contributed by atoms with van der Waals surface area (Å²) < 4.78 is 0. The molecule has 2 aliphatic rings. The third kappa shape index (κ3) is 1.46. The first-order chi connectivity index (χ1) is 7.24. The van der Waals surface area contributed by atoms with Crippen molar-refractivity contribution in [2.45, 2.75) is 30.8 Å². The lowest BCUT2D eigenvalue weighted by atomic mass is 9.84. The zero-order chi connectivity index (χ0) is 10.4. The molecule has 4 heteroatoms. The van der Waals surface area contributed by atoms with Crippen LogP contribution in [0.2, 0.25) is 5.15 Å². The van der Waals surface area contributed by atoms with Gasteiger partial charge in [0.2, 0.25) is 0 Å². The molecule has 2 aliphatic heterocycles. The second-order valence-electron chi connectivity index (χ2n) is 4.27. The molecule has 3 heterocycles. The van der Waals surface area contributed by atoms with Crippen LogP contribution >= 0.6 is 11.6 Å². The van der Waals surface area contributed by atoms with Crippen LogP contribution in [0.4, 0.5) is 0 Å². The fourth-order valence-electron chi connectivity index (χ4n) is 2.65. The average Bonchev–Trinajstić information content (AvgIpc) is 2.77. The van der Waals surface area contributed by atoms with Gasteiger partial charge in [0.05, 0.1) is 6.04 Å². The van der Waals surface area contributed by atoms with Gasteiger partial charge in [-0.1, -0.05) is 17.7 Å². The van der Waals surface area contributed by atoms with E-state index in [1.54, 1.807) is 12.3 Å². The van der Waals surface area contributed by atoms with Crippen LogP contribution in [0.3, 0.4) is 0 Å². The van der Waals surface area contributed by atoms with Gasteiger partial charge in [-0.2, -0.15) is 0 Å². The molecule has 3 nitrogen and oxygen atoms in total. The molecule has 3 atom stereocenters. The van der Waals surface area contributed by atoms with E-state index in [0.29, 0.717) is 29.3 Å². The van der Waals surface area contributed by atoms with Gasteiger partial charge in [0.15, 0.2) is 5.78 Å². The summed E-state index contributed by atoms with van der Waals surface area (Å²) >= 11 is 5.73. The van der Waals surface area contributed by atoms with Crippen LogP contribution in [-0.4, -0.2) is 22.9 Å². The lowest BCUT2D eigenvalue weighted by molar-refractivity contribution is -0.119. The number of hydrogen-bond donors (Lipinski definition) is 1. The summed E-state index contributed by atoms with van der Waals surface area (Å²) in [6.45, 7) is 0. The van der Waals surface area contributed by atoms with E-state index in [2.05, 4.69) is 10.3 Å². The Bertz CT molecular complexity index is 404. The van der Waals surface area contributed by atoms with Crippen molar-refractivity contribution < 1.29 is 4.79 Å². The Hall–Kier alpha value is -0.930. The Labute approximate surface area is 92.8 Å². The molecule has 0 amide bonds. The van der Waals surface area contributed by atoms with E-state index in [1.165, 1.54) is 0 Å². The van der Waals surface area contributed by atoms with Gasteiger partial charge in [-0.3, -0.25) is 4.79 Å². The van der Waals surface area contributed by atoms with Crippen molar-refractivity contribution in [2.75, 3.05) is 0 Å². The zero-order valence-corrected chi connectivity index (χ0v) is 8.87. The quantitative estimate of drug-likeness (QED) is 0.733. The van der Waals surface area contributed by atoms with Crippen molar-refractivity contribution in [1.29, 1.82) is 0 Å². The van der Waals surface area contributed by atoms with E-state index < -0.39 is 0 Å². The number of nitrogens with one attached hydrogen (secondary N) is 1. The van der Waals surface area contributed by atoms with Gasteiger partial charge in [0.1, 0.15) is 5.15 Å². The largest absolute Gasteiger partial charge is 0.304 e. The molecule has 0 aromatic carbocycles. The number of fused-ring (bicyclic) bond motifs is 2. The average molecular weight is 223 g/mol. The van der Waals surface area contributed by atoms with Crippen molar-refractivity contribution in [2.24, 2.45) is 0 Å². The topological polar surface area (TPSA) is 42.0 Å². The molecule has 0 aliphatic carbocycles. The number of pyridine rings is 1. The summed E-state index contributed by atoms with van der Waals surface area (Å²) in [5.41, 5.74) is 1.12. The number of nitrogens with zero attached hydrogens (tertiary/aromatic N) is 1. The normalized spacial score (nSPS) is 33.7. The number of rotatable bonds is 1. The number of Topliss-reactive ketones (excluding diaryl/α,β-unsaturated/α-hetero) is 1. The van der Waals surface area contributed by atoms with Crippen molar-refractivity contribution in [3.63, 3.8) is 0 Å². The molecule has 1 N–H and O–H groups in total. The lowest BCUT2D eigenvalue weighted by Crippen LogP contribution is -2.28. The highest BCUT2D eigenvalue weighted by Gasteiger charge is 2.45. The van der Waals surface area contributed by atoms with Crippen LogP contribution in [-0.2, 0) is 4.79 Å². The minimum absolute atomic E-state index is 0.0120. The van der Waals surface area contributed by atoms with Crippen LogP contribution in [0.5, 0.6) is 0 Å². The number of halogens is 1. The number of hydrogen-bond acceptors (Lipinski definition) is 3. The second kappa shape index (κ2) is 3.29. The van der Waals surface area contributed by atoms with E-state index >= 15 is 0 Å². The molecule has 0 unspecified atom stereocenters. The standard InChI is InChI=1S/C11H11ClN2O/c12-10-2-1-6(5-13-10)8-3-7-4-9(15)11(8)14-7/h1-2,5,7-8,11,14H,3-4H2/t7-,8-,11+/m1/s1. The number of carbonyl (C=O) groups excluding carboxylic acids is 1. The van der Waals surface area contributed by atoms with E-state index in [9.17, 15) is 4.79 Å². The van der Waals surface area contributed by atoms with E-state index in [1.807, 2.05) is 6.07 Å². The van der Waals surface area contributed by atoms with Gasteiger partial charge in [-0.25, -0.2) is 4.98 Å². The van der Waals surface area contributed by atoms with Crippen molar-refractivity contribution in [3.8, 4) is 0 Å². The first-order valence-corrected chi connectivity index (χ1v) is 5.52. The predicted octanol–water partition coefficient (Wildman–Crippen LogP) is 1.52. The summed E-state index contributed by atoms with van der Waals surface area (Å²) in [5.74, 6) is 0.632. The molecule has 0 spiro atoms. The molecule has 15 heavy (non-hydrogen) atoms. The monoisotopic (exact) mass is 222 g/mol. The lowest BCUT2D eigenvalue weighted by Gasteiger charge is -2.18. The Morgan fingerprint density at radius 3 is 2.93 bits per heavy atom. The fraction of sp³-hybridized carbons (Fsp3) is 0.455. The minimum Gasteiger partial charge on any atom is -0.304 e. The third-order valence-corrected chi connectivity index (χ3v) is 3.55. The molecule has 78 valence electrons. The molecule has 0 saturated carbocycles. The molecular formula is C11H11ClN2O. The van der Waals surface area contributed by atoms with E-state index in [-0.39, 0.29) is 6.04 Å². The van der Waals surface area contributed by atoms with Gasteiger partial charge >= 0.3 is 0 Å². The highest BCUT2D eigenvalue weighted by Crippen LogP contribution is 2.37. The molecule has 0 radical (unpaired) electrons. The first kappa shape index (κ1) is 9.31. The second-order valence-corrected chi connectivity index (χ2v) is 4.66. The van der Waals surface area contributed by atoms with Crippen LogP contribution in [0.25, 0.3) is 0 Å². The van der Waals surface area contributed by atoms with Gasteiger partial charge in [0, 0.05) is 24.6 Å². The van der Waals surface area contributed by atoms with Gasteiger partial charge in [-0.15, -0.1) is 0 Å². The smallest absolute Gasteiger partial charge is 0.151 e. The van der Waals surface area contributed by atoms with Gasteiger partial charge in [0.25, 0.3) is 0 Å². The highest BCUT2D eigenvalue weighted by atomic mass is 35.5. The summed E-state index contributed by atoms with van der Waals surface area (Å²) in [7, 11) is 0. The summed E-state index contributed by atoms with van der Waals surface area (Å²) in [4.78, 5) is 15.6. The van der Waals surface area contributed by atoms with Gasteiger partial charge < -0.3 is 5.32 Å². The Kier molecular flexibility index (Phi) is 2.04. The maximum Gasteiger partial charge on any atom is 0.151 e. The summed E-state index contributed by atoms with van der Waals surface area (Å²) in [6.07, 6.45) is 3.52. The molecule has 2 bridgehead atoms. The summed E-state index contributed by atoms with van der Waals surface area (Å²) in [5, 5.41) is 3.83. The Morgan fingerprint density at radius 1 is 1.47 bits per heavy atom. The van der Waals surface area contributed by atoms with Crippen molar-refractivity contribution in [3.05, 3.63) is 29.0 Å². The van der Waals surface area contributed by atoms with Crippen LogP contribution in [0.15, 0.2) is 18.3 Å². The first-order valence-electron chi connectivity index (χ1n) is 5.14. The molecular weight excluding hydrogens is 212 g/mol. The van der Waals surface area contributed by atoms with E-state index in [0.717, 1.165) is 12.0 Å². The highest BCUT2D eigenvalue weighted by molar-refractivity contribution is 6.29. The Balaban J connectivity index is 1.90. The van der Waals surface area contributed by atoms with Crippen molar-refractivity contribution in [1.82, 2.24) is 10.3 Å². The molecule has 3 rings (SSSR count). The van der Waals surface area contributed by atoms with Gasteiger partial charge in [-0.05, 0) is 18.1 Å². The summed E-state index contributed by atoms with van der Waals surface area (Å²) in [6, 6.07) is 4.14. The van der Waals surface area contributed by atoms with E-state index in [4.69, 9.17) is 11.6 Å². The van der Waals surface area contributed by atoms with Crippen molar-refractivity contribution >= 4 is 17.4 Å². The van der Waals surface area contributed by atoms with Crippen LogP contribution in [0.1, 0.15) is 24.3 Å². The maximum atomic E-state index is 11.6. The fourth-order valence-corrected chi connectivity index (χ4v) is 2.76. The molecule has 1 aromatic heterocycles. The Morgan fingerprint density at radius 2 is 2.33 bits per heavy atom. The predicted molar refractivity (Wildman–Crippen MR) is 56.9 cm³/mol. The third-order valence-electron chi connectivity index (χ3n) is 3.33. The number of carbonyl (C=O) groups is 1.